The third-order valence-corrected chi connectivity index (χ3v) is 4.87. The van der Waals surface area contributed by atoms with Gasteiger partial charge in [-0.05, 0) is 42.7 Å². The molecule has 0 fully saturated rings. The van der Waals surface area contributed by atoms with Crippen LogP contribution in [0.15, 0.2) is 39.9 Å². The van der Waals surface area contributed by atoms with Gasteiger partial charge in [0.1, 0.15) is 12.1 Å². The summed E-state index contributed by atoms with van der Waals surface area (Å²) in [6.07, 6.45) is 3.59. The number of rotatable bonds is 5. The van der Waals surface area contributed by atoms with Gasteiger partial charge in [0.05, 0.1) is 11.1 Å². The van der Waals surface area contributed by atoms with Crippen LogP contribution in [0.3, 0.4) is 0 Å². The summed E-state index contributed by atoms with van der Waals surface area (Å²) in [4.78, 5) is 41.5. The number of aryl methyl sites for hydroxylation is 1. The Labute approximate surface area is 166 Å². The zero-order valence-corrected chi connectivity index (χ0v) is 16.8. The number of nitrogens with zero attached hydrogens (tertiary/aromatic N) is 3. The van der Waals surface area contributed by atoms with Crippen molar-refractivity contribution in [2.24, 2.45) is 7.05 Å². The van der Waals surface area contributed by atoms with E-state index in [1.54, 1.807) is 25.1 Å². The Morgan fingerprint density at radius 2 is 1.83 bits per heavy atom. The lowest BCUT2D eigenvalue weighted by molar-refractivity contribution is -0.104. The van der Waals surface area contributed by atoms with Crippen LogP contribution < -0.4 is 11.2 Å². The summed E-state index contributed by atoms with van der Waals surface area (Å²) in [7, 11) is 1.42. The number of aldehydes is 1. The highest BCUT2D eigenvalue weighted by atomic mass is 19.1. The Kier molecular flexibility index (Phi) is 5.59. The van der Waals surface area contributed by atoms with Gasteiger partial charge in [0.2, 0.25) is 0 Å². The van der Waals surface area contributed by atoms with Crippen molar-refractivity contribution in [1.82, 2.24) is 14.1 Å². The zero-order valence-electron chi connectivity index (χ0n) is 16.8. The molecule has 0 unspecified atom stereocenters. The number of benzene rings is 1. The van der Waals surface area contributed by atoms with Gasteiger partial charge in [0.15, 0.2) is 5.65 Å². The fourth-order valence-electron chi connectivity index (χ4n) is 3.47. The Morgan fingerprint density at radius 3 is 2.38 bits per heavy atom. The number of carbonyl (C=O) groups excluding carboxylic acids is 1. The highest BCUT2D eigenvalue weighted by Crippen LogP contribution is 2.34. The lowest BCUT2D eigenvalue weighted by Gasteiger charge is -2.19. The maximum atomic E-state index is 13.6. The molecular formula is C22H22FN3O3. The van der Waals surface area contributed by atoms with Crippen LogP contribution in [0, 0.1) is 5.82 Å². The molecule has 0 spiro atoms. The number of hydrogen-bond donors (Lipinski definition) is 0. The van der Waals surface area contributed by atoms with E-state index in [4.69, 9.17) is 0 Å². The number of allylic oxidation sites excluding steroid dienone is 1. The van der Waals surface area contributed by atoms with Crippen molar-refractivity contribution in [3.05, 3.63) is 68.3 Å². The first-order chi connectivity index (χ1) is 13.8. The third-order valence-electron chi connectivity index (χ3n) is 4.87. The molecule has 6 nitrogen and oxygen atoms in total. The molecule has 0 saturated carbocycles. The van der Waals surface area contributed by atoms with E-state index in [-0.39, 0.29) is 17.0 Å². The average Bonchev–Trinajstić information content (AvgIpc) is 2.70. The van der Waals surface area contributed by atoms with Crippen LogP contribution in [-0.2, 0) is 18.4 Å². The molecule has 0 radical (unpaired) electrons. The van der Waals surface area contributed by atoms with E-state index in [1.165, 1.54) is 29.8 Å². The Hall–Kier alpha value is -3.35. The average molecular weight is 395 g/mol. The standard InChI is InChI=1S/C22H22FN3O3/c1-5-26-20-18(21(28)25(4)22(26)29)17(14-8-10-15(23)11-9-14)16(7-6-12-27)19(24-20)13(2)3/h6-13H,5H2,1-4H3. The number of aromatic nitrogens is 3. The molecule has 0 amide bonds. The van der Waals surface area contributed by atoms with Gasteiger partial charge in [-0.2, -0.15) is 0 Å². The van der Waals surface area contributed by atoms with Crippen molar-refractivity contribution in [2.45, 2.75) is 33.2 Å². The first-order valence-corrected chi connectivity index (χ1v) is 9.37. The van der Waals surface area contributed by atoms with Crippen LogP contribution in [0.1, 0.15) is 37.9 Å². The van der Waals surface area contributed by atoms with Crippen molar-refractivity contribution < 1.29 is 9.18 Å². The van der Waals surface area contributed by atoms with Gasteiger partial charge < -0.3 is 0 Å². The first-order valence-electron chi connectivity index (χ1n) is 9.37. The van der Waals surface area contributed by atoms with Crippen LogP contribution >= 0.6 is 0 Å². The molecule has 1 aromatic carbocycles. The summed E-state index contributed by atoms with van der Waals surface area (Å²) < 4.78 is 16.0. The smallest absolute Gasteiger partial charge is 0.299 e. The van der Waals surface area contributed by atoms with E-state index < -0.39 is 17.1 Å². The Bertz CT molecular complexity index is 1240. The highest BCUT2D eigenvalue weighted by Gasteiger charge is 2.22. The van der Waals surface area contributed by atoms with E-state index in [9.17, 15) is 18.8 Å². The second kappa shape index (κ2) is 7.95. The molecule has 0 saturated heterocycles. The molecule has 0 aliphatic heterocycles. The molecule has 0 aliphatic carbocycles. The summed E-state index contributed by atoms with van der Waals surface area (Å²) in [5.74, 6) is -0.450. The minimum Gasteiger partial charge on any atom is -0.299 e. The van der Waals surface area contributed by atoms with E-state index in [2.05, 4.69) is 4.98 Å². The summed E-state index contributed by atoms with van der Waals surface area (Å²) in [5, 5.41) is 0.260. The van der Waals surface area contributed by atoms with E-state index in [0.717, 1.165) is 4.57 Å². The predicted molar refractivity (Wildman–Crippen MR) is 111 cm³/mol. The number of fused-ring (bicyclic) bond motifs is 1. The van der Waals surface area contributed by atoms with Crippen LogP contribution in [0.25, 0.3) is 28.2 Å². The number of hydrogen-bond acceptors (Lipinski definition) is 4. The minimum absolute atomic E-state index is 0.0469. The molecule has 3 rings (SSSR count). The van der Waals surface area contributed by atoms with Gasteiger partial charge in [0, 0.05) is 24.7 Å². The Morgan fingerprint density at radius 1 is 1.17 bits per heavy atom. The van der Waals surface area contributed by atoms with Gasteiger partial charge in [-0.1, -0.05) is 26.0 Å². The van der Waals surface area contributed by atoms with Crippen molar-refractivity contribution in [2.75, 3.05) is 0 Å². The summed E-state index contributed by atoms with van der Waals surface area (Å²) in [6.45, 7) is 6.02. The number of pyridine rings is 1. The van der Waals surface area contributed by atoms with Gasteiger partial charge >= 0.3 is 5.69 Å². The molecule has 2 aromatic heterocycles. The summed E-state index contributed by atoms with van der Waals surface area (Å²) in [6, 6.07) is 5.77. The topological polar surface area (TPSA) is 74.0 Å². The molecule has 7 heteroatoms. The predicted octanol–water partition coefficient (Wildman–Crippen LogP) is 3.26. The Balaban J connectivity index is 2.68. The van der Waals surface area contributed by atoms with Gasteiger partial charge in [-0.15, -0.1) is 0 Å². The zero-order chi connectivity index (χ0) is 21.3. The molecule has 0 atom stereocenters. The molecule has 0 aliphatic rings. The van der Waals surface area contributed by atoms with Gasteiger partial charge in [-0.3, -0.25) is 18.7 Å². The second-order valence-electron chi connectivity index (χ2n) is 7.03. The maximum absolute atomic E-state index is 13.6. The minimum atomic E-state index is -0.488. The van der Waals surface area contributed by atoms with Crippen LogP contribution in [0.4, 0.5) is 4.39 Å². The van der Waals surface area contributed by atoms with Crippen LogP contribution in [0.2, 0.25) is 0 Å². The molecule has 150 valence electrons. The molecule has 0 bridgehead atoms. The van der Waals surface area contributed by atoms with Gasteiger partial charge in [0.25, 0.3) is 5.56 Å². The van der Waals surface area contributed by atoms with Crippen molar-refractivity contribution >= 4 is 23.4 Å². The molecule has 29 heavy (non-hydrogen) atoms. The molecule has 2 heterocycles. The van der Waals surface area contributed by atoms with Crippen molar-refractivity contribution in [1.29, 1.82) is 0 Å². The number of halogens is 1. The van der Waals surface area contributed by atoms with Crippen LogP contribution in [0.5, 0.6) is 0 Å². The summed E-state index contributed by atoms with van der Waals surface area (Å²) in [5.41, 5.74) is 1.72. The normalized spacial score (nSPS) is 11.7. The fourth-order valence-corrected chi connectivity index (χ4v) is 3.47. The first kappa shape index (κ1) is 20.4. The van der Waals surface area contributed by atoms with Crippen molar-refractivity contribution in [3.8, 4) is 11.1 Å². The quantitative estimate of drug-likeness (QED) is 0.491. The second-order valence-corrected chi connectivity index (χ2v) is 7.03. The molecule has 3 aromatic rings. The van der Waals surface area contributed by atoms with E-state index in [0.29, 0.717) is 35.2 Å². The fraction of sp³-hybridized carbons (Fsp3) is 0.273. The maximum Gasteiger partial charge on any atom is 0.332 e. The third kappa shape index (κ3) is 3.44. The van der Waals surface area contributed by atoms with E-state index >= 15 is 0 Å². The number of carbonyl (C=O) groups is 1. The van der Waals surface area contributed by atoms with E-state index in [1.807, 2.05) is 13.8 Å². The lowest BCUT2D eigenvalue weighted by Crippen LogP contribution is -2.38. The van der Waals surface area contributed by atoms with Crippen molar-refractivity contribution in [3.63, 3.8) is 0 Å². The monoisotopic (exact) mass is 395 g/mol. The SMILES string of the molecule is CCn1c(=O)n(C)c(=O)c2c(-c3ccc(F)cc3)c(C=CC=O)c(C(C)C)nc21. The van der Waals surface area contributed by atoms with Crippen LogP contribution in [-0.4, -0.2) is 20.4 Å². The summed E-state index contributed by atoms with van der Waals surface area (Å²) >= 11 is 0. The van der Waals surface area contributed by atoms with Gasteiger partial charge in [-0.25, -0.2) is 14.2 Å². The highest BCUT2D eigenvalue weighted by molar-refractivity contribution is 5.98. The molecular weight excluding hydrogens is 373 g/mol. The lowest BCUT2D eigenvalue weighted by atomic mass is 9.91. The largest absolute Gasteiger partial charge is 0.332 e. The molecule has 0 N–H and O–H groups in total.